The number of non-ortho nitro benzene ring substituents is 1. The minimum Gasteiger partial charge on any atom is -0.325 e. The number of carbonyl (C=O) groups excluding carboxylic acids is 1. The Hall–Kier alpha value is -1.62. The van der Waals surface area contributed by atoms with Gasteiger partial charge in [0.25, 0.3) is 5.69 Å². The van der Waals surface area contributed by atoms with Crippen molar-refractivity contribution < 1.29 is 9.72 Å². The molecule has 0 saturated carbocycles. The molecule has 0 bridgehead atoms. The van der Waals surface area contributed by atoms with Crippen molar-refractivity contribution in [2.45, 2.75) is 51.9 Å². The number of rotatable bonds is 9. The molecule has 0 spiro atoms. The molecular formula is C15H21ClN2O3. The zero-order chi connectivity index (χ0) is 15.7. The van der Waals surface area contributed by atoms with Crippen LogP contribution in [0, 0.1) is 10.1 Å². The van der Waals surface area contributed by atoms with Crippen molar-refractivity contribution in [3.05, 3.63) is 33.3 Å². The Bertz CT molecular complexity index is 492. The molecule has 0 aliphatic rings. The van der Waals surface area contributed by atoms with E-state index in [-0.39, 0.29) is 11.6 Å². The molecule has 1 aromatic carbocycles. The van der Waals surface area contributed by atoms with Gasteiger partial charge in [-0.3, -0.25) is 14.9 Å². The van der Waals surface area contributed by atoms with Crippen LogP contribution in [0.2, 0.25) is 5.02 Å². The number of nitrogens with zero attached hydrogens (tertiary/aromatic N) is 1. The molecular weight excluding hydrogens is 292 g/mol. The highest BCUT2D eigenvalue weighted by Crippen LogP contribution is 2.26. The fourth-order valence-electron chi connectivity index (χ4n) is 2.00. The van der Waals surface area contributed by atoms with Crippen LogP contribution in [0.3, 0.4) is 0 Å². The summed E-state index contributed by atoms with van der Waals surface area (Å²) in [7, 11) is 0. The predicted molar refractivity (Wildman–Crippen MR) is 84.7 cm³/mol. The number of benzene rings is 1. The van der Waals surface area contributed by atoms with Crippen molar-refractivity contribution in [3.63, 3.8) is 0 Å². The first-order valence-electron chi connectivity index (χ1n) is 7.28. The van der Waals surface area contributed by atoms with Crippen LogP contribution >= 0.6 is 11.6 Å². The van der Waals surface area contributed by atoms with Crippen molar-refractivity contribution >= 4 is 28.9 Å². The smallest absolute Gasteiger partial charge is 0.271 e. The van der Waals surface area contributed by atoms with E-state index in [0.717, 1.165) is 19.3 Å². The van der Waals surface area contributed by atoms with Gasteiger partial charge in [0.15, 0.2) is 0 Å². The van der Waals surface area contributed by atoms with Crippen LogP contribution in [-0.4, -0.2) is 10.8 Å². The Kier molecular flexibility index (Phi) is 7.75. The van der Waals surface area contributed by atoms with E-state index >= 15 is 0 Å². The molecule has 1 rings (SSSR count). The van der Waals surface area contributed by atoms with E-state index in [1.165, 1.54) is 37.5 Å². The number of amides is 1. The highest BCUT2D eigenvalue weighted by molar-refractivity contribution is 6.33. The normalized spacial score (nSPS) is 10.4. The standard InChI is InChI=1S/C15H21ClN2O3/c1-2-3-4-5-6-7-8-15(19)17-14-11-12(18(20)21)9-10-13(14)16/h9-11H,2-8H2,1H3,(H,17,19). The van der Waals surface area contributed by atoms with Crippen LogP contribution in [0.25, 0.3) is 0 Å². The van der Waals surface area contributed by atoms with E-state index in [1.54, 1.807) is 0 Å². The summed E-state index contributed by atoms with van der Waals surface area (Å²) in [6, 6.07) is 4.01. The van der Waals surface area contributed by atoms with Crippen molar-refractivity contribution in [2.24, 2.45) is 0 Å². The lowest BCUT2D eigenvalue weighted by Crippen LogP contribution is -2.11. The molecule has 0 aliphatic heterocycles. The predicted octanol–water partition coefficient (Wildman–Crippen LogP) is 4.94. The number of carbonyl (C=O) groups is 1. The van der Waals surface area contributed by atoms with Gasteiger partial charge < -0.3 is 5.32 Å². The van der Waals surface area contributed by atoms with Crippen molar-refractivity contribution in [1.29, 1.82) is 0 Å². The first-order chi connectivity index (χ1) is 10.0. The molecule has 1 N–H and O–H groups in total. The van der Waals surface area contributed by atoms with Crippen molar-refractivity contribution in [3.8, 4) is 0 Å². The minimum atomic E-state index is -0.514. The summed E-state index contributed by atoms with van der Waals surface area (Å²) in [5.74, 6) is -0.159. The summed E-state index contributed by atoms with van der Waals surface area (Å²) in [4.78, 5) is 22.0. The fraction of sp³-hybridized carbons (Fsp3) is 0.533. The Balaban J connectivity index is 2.40. The average Bonchev–Trinajstić information content (AvgIpc) is 2.44. The SMILES string of the molecule is CCCCCCCCC(=O)Nc1cc([N+](=O)[O-])ccc1Cl. The van der Waals surface area contributed by atoms with Gasteiger partial charge in [-0.1, -0.05) is 50.6 Å². The molecule has 116 valence electrons. The summed E-state index contributed by atoms with van der Waals surface area (Å²) in [6.07, 6.45) is 7.03. The van der Waals surface area contributed by atoms with Gasteiger partial charge in [-0.05, 0) is 12.5 Å². The Labute approximate surface area is 129 Å². The number of halogens is 1. The van der Waals surface area contributed by atoms with Gasteiger partial charge in [0.05, 0.1) is 15.6 Å². The van der Waals surface area contributed by atoms with E-state index < -0.39 is 4.92 Å². The third-order valence-corrected chi connectivity index (χ3v) is 3.52. The number of nitro groups is 1. The molecule has 1 amide bonds. The number of nitrogens with one attached hydrogen (secondary N) is 1. The number of hydrogen-bond donors (Lipinski definition) is 1. The molecule has 21 heavy (non-hydrogen) atoms. The summed E-state index contributed by atoms with van der Waals surface area (Å²) in [5.41, 5.74) is 0.205. The van der Waals surface area contributed by atoms with Gasteiger partial charge in [0.1, 0.15) is 0 Å². The van der Waals surface area contributed by atoms with Gasteiger partial charge in [0, 0.05) is 18.6 Å². The maximum atomic E-state index is 11.8. The van der Waals surface area contributed by atoms with E-state index in [4.69, 9.17) is 11.6 Å². The summed E-state index contributed by atoms with van der Waals surface area (Å²) >= 11 is 5.93. The molecule has 0 aliphatic carbocycles. The van der Waals surface area contributed by atoms with Crippen molar-refractivity contribution in [2.75, 3.05) is 5.32 Å². The van der Waals surface area contributed by atoms with Gasteiger partial charge in [-0.15, -0.1) is 0 Å². The van der Waals surface area contributed by atoms with Gasteiger partial charge in [0.2, 0.25) is 5.91 Å². The highest BCUT2D eigenvalue weighted by Gasteiger charge is 2.11. The third-order valence-electron chi connectivity index (χ3n) is 3.19. The largest absolute Gasteiger partial charge is 0.325 e. The van der Waals surface area contributed by atoms with Gasteiger partial charge in [-0.2, -0.15) is 0 Å². The third kappa shape index (κ3) is 6.58. The zero-order valence-corrected chi connectivity index (χ0v) is 13.0. The molecule has 0 saturated heterocycles. The molecule has 0 atom stereocenters. The minimum absolute atomic E-state index is 0.0886. The summed E-state index contributed by atoms with van der Waals surface area (Å²) in [6.45, 7) is 2.16. The lowest BCUT2D eigenvalue weighted by Gasteiger charge is -2.07. The number of unbranched alkanes of at least 4 members (excludes halogenated alkanes) is 5. The topological polar surface area (TPSA) is 72.2 Å². The second kappa shape index (κ2) is 9.34. The average molecular weight is 313 g/mol. The van der Waals surface area contributed by atoms with Crippen LogP contribution < -0.4 is 5.32 Å². The van der Waals surface area contributed by atoms with Crippen LogP contribution in [0.5, 0.6) is 0 Å². The quantitative estimate of drug-likeness (QED) is 0.399. The van der Waals surface area contributed by atoms with Crippen LogP contribution in [0.1, 0.15) is 51.9 Å². The van der Waals surface area contributed by atoms with Crippen molar-refractivity contribution in [1.82, 2.24) is 0 Å². The van der Waals surface area contributed by atoms with E-state index in [1.807, 2.05) is 0 Å². The molecule has 0 radical (unpaired) electrons. The molecule has 0 aromatic heterocycles. The zero-order valence-electron chi connectivity index (χ0n) is 12.2. The van der Waals surface area contributed by atoms with E-state index in [0.29, 0.717) is 17.1 Å². The lowest BCUT2D eigenvalue weighted by atomic mass is 10.1. The Morgan fingerprint density at radius 2 is 1.90 bits per heavy atom. The first kappa shape index (κ1) is 17.4. The van der Waals surface area contributed by atoms with Crippen LogP contribution in [0.4, 0.5) is 11.4 Å². The number of hydrogen-bond acceptors (Lipinski definition) is 3. The molecule has 0 heterocycles. The summed E-state index contributed by atoms with van der Waals surface area (Å²) < 4.78 is 0. The van der Waals surface area contributed by atoms with Crippen LogP contribution in [-0.2, 0) is 4.79 Å². The molecule has 0 fully saturated rings. The van der Waals surface area contributed by atoms with E-state index in [2.05, 4.69) is 12.2 Å². The molecule has 1 aromatic rings. The molecule has 5 nitrogen and oxygen atoms in total. The van der Waals surface area contributed by atoms with Crippen LogP contribution in [0.15, 0.2) is 18.2 Å². The van der Waals surface area contributed by atoms with Gasteiger partial charge in [-0.25, -0.2) is 0 Å². The lowest BCUT2D eigenvalue weighted by molar-refractivity contribution is -0.384. The highest BCUT2D eigenvalue weighted by atomic mass is 35.5. The second-order valence-electron chi connectivity index (χ2n) is 4.99. The van der Waals surface area contributed by atoms with E-state index in [9.17, 15) is 14.9 Å². The number of nitro benzene ring substituents is 1. The monoisotopic (exact) mass is 312 g/mol. The van der Waals surface area contributed by atoms with Gasteiger partial charge >= 0.3 is 0 Å². The Morgan fingerprint density at radius 3 is 2.57 bits per heavy atom. The maximum absolute atomic E-state index is 11.8. The molecule has 0 unspecified atom stereocenters. The fourth-order valence-corrected chi connectivity index (χ4v) is 2.17. The maximum Gasteiger partial charge on any atom is 0.271 e. The first-order valence-corrected chi connectivity index (χ1v) is 7.66. The second-order valence-corrected chi connectivity index (χ2v) is 5.39. The number of anilines is 1. The molecule has 6 heteroatoms. The summed E-state index contributed by atoms with van der Waals surface area (Å²) in [5, 5.41) is 13.6. The Morgan fingerprint density at radius 1 is 1.24 bits per heavy atom.